The number of halogens is 1. The van der Waals surface area contributed by atoms with E-state index in [0.29, 0.717) is 16.8 Å². The van der Waals surface area contributed by atoms with E-state index < -0.39 is 0 Å². The van der Waals surface area contributed by atoms with Crippen molar-refractivity contribution in [2.75, 3.05) is 23.3 Å². The van der Waals surface area contributed by atoms with Crippen molar-refractivity contribution in [3.8, 4) is 0 Å². The van der Waals surface area contributed by atoms with Gasteiger partial charge in [-0.1, -0.05) is 17.7 Å². The summed E-state index contributed by atoms with van der Waals surface area (Å²) in [4.78, 5) is 16.1. The lowest BCUT2D eigenvalue weighted by atomic mass is 10.3. The van der Waals surface area contributed by atoms with Crippen LogP contribution in [-0.2, 0) is 6.54 Å². The van der Waals surface area contributed by atoms with E-state index in [1.54, 1.807) is 6.33 Å². The van der Waals surface area contributed by atoms with Crippen molar-refractivity contribution in [1.29, 1.82) is 0 Å². The van der Waals surface area contributed by atoms with E-state index >= 15 is 0 Å². The SMILES string of the molecule is CCn1cnc2c(Nc3cccc(Cl)c3)nc(N3CCC(N)C3)nc21. The summed E-state index contributed by atoms with van der Waals surface area (Å²) in [5.74, 6) is 1.36. The summed E-state index contributed by atoms with van der Waals surface area (Å²) in [5.41, 5.74) is 8.47. The highest BCUT2D eigenvalue weighted by Gasteiger charge is 2.23. The molecule has 3 aromatic rings. The number of hydrogen-bond donors (Lipinski definition) is 2. The molecule has 7 nitrogen and oxygen atoms in total. The summed E-state index contributed by atoms with van der Waals surface area (Å²) >= 11 is 6.09. The fourth-order valence-corrected chi connectivity index (χ4v) is 3.25. The van der Waals surface area contributed by atoms with Crippen LogP contribution in [-0.4, -0.2) is 38.7 Å². The molecule has 0 bridgehead atoms. The Bertz CT molecular complexity index is 907. The molecule has 4 rings (SSSR count). The molecule has 0 aliphatic carbocycles. The number of benzene rings is 1. The van der Waals surface area contributed by atoms with Crippen molar-refractivity contribution in [2.24, 2.45) is 5.73 Å². The van der Waals surface area contributed by atoms with Crippen molar-refractivity contribution < 1.29 is 0 Å². The average Bonchev–Trinajstić information content (AvgIpc) is 3.21. The number of aromatic nitrogens is 4. The third-order valence-electron chi connectivity index (χ3n) is 4.39. The zero-order valence-electron chi connectivity index (χ0n) is 14.0. The summed E-state index contributed by atoms with van der Waals surface area (Å²) in [7, 11) is 0. The van der Waals surface area contributed by atoms with Gasteiger partial charge in [0.25, 0.3) is 0 Å². The molecule has 0 saturated carbocycles. The predicted molar refractivity (Wildman–Crippen MR) is 101 cm³/mol. The van der Waals surface area contributed by atoms with Gasteiger partial charge in [0.15, 0.2) is 17.0 Å². The third-order valence-corrected chi connectivity index (χ3v) is 4.62. The summed E-state index contributed by atoms with van der Waals surface area (Å²) in [5, 5.41) is 4.00. The minimum Gasteiger partial charge on any atom is -0.339 e. The van der Waals surface area contributed by atoms with E-state index in [1.807, 2.05) is 28.8 Å². The van der Waals surface area contributed by atoms with Crippen LogP contribution in [0.1, 0.15) is 13.3 Å². The first kappa shape index (κ1) is 16.1. The molecule has 1 aliphatic heterocycles. The molecule has 1 aromatic carbocycles. The van der Waals surface area contributed by atoms with E-state index in [0.717, 1.165) is 42.9 Å². The van der Waals surface area contributed by atoms with Gasteiger partial charge in [-0.05, 0) is 31.5 Å². The largest absolute Gasteiger partial charge is 0.339 e. The summed E-state index contributed by atoms with van der Waals surface area (Å²) in [6.07, 6.45) is 2.74. The molecule has 8 heteroatoms. The Morgan fingerprint density at radius 2 is 2.24 bits per heavy atom. The van der Waals surface area contributed by atoms with Gasteiger partial charge in [0.05, 0.1) is 6.33 Å². The molecule has 3 heterocycles. The van der Waals surface area contributed by atoms with Crippen LogP contribution in [0, 0.1) is 0 Å². The zero-order chi connectivity index (χ0) is 17.4. The predicted octanol–water partition coefficient (Wildman–Crippen LogP) is 2.78. The molecule has 1 aliphatic rings. The van der Waals surface area contributed by atoms with Gasteiger partial charge < -0.3 is 20.5 Å². The number of nitrogens with two attached hydrogens (primary N) is 1. The number of fused-ring (bicyclic) bond motifs is 1. The monoisotopic (exact) mass is 357 g/mol. The average molecular weight is 358 g/mol. The molecule has 1 unspecified atom stereocenters. The van der Waals surface area contributed by atoms with Crippen LogP contribution in [0.2, 0.25) is 5.02 Å². The molecule has 0 amide bonds. The minimum atomic E-state index is 0.166. The van der Waals surface area contributed by atoms with Gasteiger partial charge in [0, 0.05) is 36.4 Å². The second kappa shape index (κ2) is 6.50. The lowest BCUT2D eigenvalue weighted by Gasteiger charge is -2.17. The van der Waals surface area contributed by atoms with Crippen molar-refractivity contribution in [2.45, 2.75) is 25.9 Å². The van der Waals surface area contributed by atoms with Crippen LogP contribution in [0.25, 0.3) is 11.2 Å². The minimum absolute atomic E-state index is 0.166. The Morgan fingerprint density at radius 3 is 2.96 bits per heavy atom. The Kier molecular flexibility index (Phi) is 4.19. The molecule has 2 aromatic heterocycles. The zero-order valence-corrected chi connectivity index (χ0v) is 14.7. The van der Waals surface area contributed by atoms with Gasteiger partial charge in [-0.25, -0.2) is 4.98 Å². The lowest BCUT2D eigenvalue weighted by molar-refractivity contribution is 0.749. The Morgan fingerprint density at radius 1 is 1.36 bits per heavy atom. The number of nitrogens with one attached hydrogen (secondary N) is 1. The highest BCUT2D eigenvalue weighted by molar-refractivity contribution is 6.30. The molecule has 1 atom stereocenters. The van der Waals surface area contributed by atoms with E-state index in [2.05, 4.69) is 22.1 Å². The van der Waals surface area contributed by atoms with Crippen molar-refractivity contribution in [3.05, 3.63) is 35.6 Å². The Labute approximate surface area is 150 Å². The number of rotatable bonds is 4. The first-order valence-corrected chi connectivity index (χ1v) is 8.78. The normalized spacial score (nSPS) is 17.4. The maximum Gasteiger partial charge on any atom is 0.229 e. The van der Waals surface area contributed by atoms with Crippen molar-refractivity contribution in [3.63, 3.8) is 0 Å². The molecule has 25 heavy (non-hydrogen) atoms. The molecule has 0 radical (unpaired) electrons. The topological polar surface area (TPSA) is 84.9 Å². The van der Waals surface area contributed by atoms with E-state index in [1.165, 1.54) is 0 Å². The van der Waals surface area contributed by atoms with Gasteiger partial charge in [-0.2, -0.15) is 9.97 Å². The van der Waals surface area contributed by atoms with Gasteiger partial charge >= 0.3 is 0 Å². The van der Waals surface area contributed by atoms with Crippen molar-refractivity contribution >= 4 is 40.2 Å². The first-order valence-electron chi connectivity index (χ1n) is 8.40. The van der Waals surface area contributed by atoms with Crippen LogP contribution in [0.5, 0.6) is 0 Å². The maximum atomic E-state index is 6.09. The lowest BCUT2D eigenvalue weighted by Crippen LogP contribution is -2.27. The van der Waals surface area contributed by atoms with Crippen LogP contribution in [0.3, 0.4) is 0 Å². The summed E-state index contributed by atoms with van der Waals surface area (Å²) < 4.78 is 2.01. The highest BCUT2D eigenvalue weighted by Crippen LogP contribution is 2.27. The number of anilines is 3. The van der Waals surface area contributed by atoms with Crippen LogP contribution in [0.4, 0.5) is 17.5 Å². The van der Waals surface area contributed by atoms with Crippen LogP contribution in [0.15, 0.2) is 30.6 Å². The number of hydrogen-bond acceptors (Lipinski definition) is 6. The number of imidazole rings is 1. The van der Waals surface area contributed by atoms with Gasteiger partial charge in [0.1, 0.15) is 0 Å². The number of nitrogens with zero attached hydrogens (tertiary/aromatic N) is 5. The highest BCUT2D eigenvalue weighted by atomic mass is 35.5. The van der Waals surface area contributed by atoms with Crippen LogP contribution >= 0.6 is 11.6 Å². The fraction of sp³-hybridized carbons (Fsp3) is 0.353. The Balaban J connectivity index is 1.79. The smallest absolute Gasteiger partial charge is 0.229 e. The molecular formula is C17H20ClN7. The summed E-state index contributed by atoms with van der Waals surface area (Å²) in [6.45, 7) is 4.49. The second-order valence-electron chi connectivity index (χ2n) is 6.21. The fourth-order valence-electron chi connectivity index (χ4n) is 3.06. The van der Waals surface area contributed by atoms with E-state index in [-0.39, 0.29) is 6.04 Å². The van der Waals surface area contributed by atoms with Crippen molar-refractivity contribution in [1.82, 2.24) is 19.5 Å². The standard InChI is InChI=1S/C17H20ClN7/c1-2-24-10-20-14-15(21-13-5-3-4-11(18)8-13)22-17(23-16(14)24)25-7-6-12(19)9-25/h3-5,8,10,12H,2,6-7,9,19H2,1H3,(H,21,22,23). The number of aryl methyl sites for hydroxylation is 1. The Hall–Kier alpha value is -2.38. The van der Waals surface area contributed by atoms with E-state index in [4.69, 9.17) is 27.3 Å². The molecule has 1 fully saturated rings. The molecular weight excluding hydrogens is 338 g/mol. The molecule has 3 N–H and O–H groups in total. The summed E-state index contributed by atoms with van der Waals surface area (Å²) in [6, 6.07) is 7.71. The van der Waals surface area contributed by atoms with Gasteiger partial charge in [-0.15, -0.1) is 0 Å². The van der Waals surface area contributed by atoms with Gasteiger partial charge in [0.2, 0.25) is 5.95 Å². The molecule has 1 saturated heterocycles. The molecule has 130 valence electrons. The van der Waals surface area contributed by atoms with E-state index in [9.17, 15) is 0 Å². The molecule has 0 spiro atoms. The quantitative estimate of drug-likeness (QED) is 0.746. The van der Waals surface area contributed by atoms with Crippen LogP contribution < -0.4 is 16.0 Å². The van der Waals surface area contributed by atoms with Gasteiger partial charge in [-0.3, -0.25) is 0 Å². The maximum absolute atomic E-state index is 6.09. The first-order chi connectivity index (χ1) is 12.1. The second-order valence-corrected chi connectivity index (χ2v) is 6.64. The third kappa shape index (κ3) is 3.12.